The molecule has 0 radical (unpaired) electrons. The van der Waals surface area contributed by atoms with Crippen molar-refractivity contribution >= 4 is 7.82 Å². The summed E-state index contributed by atoms with van der Waals surface area (Å²) in [6, 6.07) is 0. The standard InChI is InChI=1S/C30H64NO4P/c31-29-27-25-23-21-19-17-15-13-11-9-7-5-3-1-2-4-6-8-10-12-14-16-18-20-22-24-26-28-30-35-36(32,33)34/h1-31H2,(H2,32,33,34). The lowest BCUT2D eigenvalue weighted by Crippen LogP contribution is -1.97. The molecule has 4 N–H and O–H groups in total. The molecule has 0 heterocycles. The zero-order chi connectivity index (χ0) is 26.4. The van der Waals surface area contributed by atoms with Crippen molar-refractivity contribution < 1.29 is 18.9 Å². The van der Waals surface area contributed by atoms with E-state index in [0.29, 0.717) is 0 Å². The van der Waals surface area contributed by atoms with E-state index in [0.717, 1.165) is 25.8 Å². The van der Waals surface area contributed by atoms with E-state index in [9.17, 15) is 4.57 Å². The number of rotatable bonds is 31. The van der Waals surface area contributed by atoms with Crippen molar-refractivity contribution in [1.29, 1.82) is 0 Å². The van der Waals surface area contributed by atoms with Crippen LogP contribution in [-0.2, 0) is 9.09 Å². The van der Waals surface area contributed by atoms with Crippen molar-refractivity contribution in [2.24, 2.45) is 5.73 Å². The van der Waals surface area contributed by atoms with Gasteiger partial charge in [-0.15, -0.1) is 0 Å². The fraction of sp³-hybridized carbons (Fsp3) is 1.00. The van der Waals surface area contributed by atoms with Crippen LogP contribution in [0, 0.1) is 0 Å². The first kappa shape index (κ1) is 36.1. The molecule has 36 heavy (non-hydrogen) atoms. The summed E-state index contributed by atoms with van der Waals surface area (Å²) >= 11 is 0. The molecule has 0 aromatic heterocycles. The van der Waals surface area contributed by atoms with Crippen LogP contribution in [0.3, 0.4) is 0 Å². The quantitative estimate of drug-likeness (QED) is 0.0609. The van der Waals surface area contributed by atoms with Crippen LogP contribution in [0.1, 0.15) is 180 Å². The van der Waals surface area contributed by atoms with E-state index in [1.807, 2.05) is 0 Å². The molecule has 5 nitrogen and oxygen atoms in total. The maximum absolute atomic E-state index is 10.6. The van der Waals surface area contributed by atoms with E-state index in [4.69, 9.17) is 15.5 Å². The van der Waals surface area contributed by atoms with Gasteiger partial charge < -0.3 is 15.5 Å². The van der Waals surface area contributed by atoms with Crippen molar-refractivity contribution in [2.45, 2.75) is 180 Å². The molecule has 0 rings (SSSR count). The molecular weight excluding hydrogens is 469 g/mol. The summed E-state index contributed by atoms with van der Waals surface area (Å²) in [7, 11) is -4.27. The molecule has 0 aliphatic heterocycles. The third-order valence-electron chi connectivity index (χ3n) is 7.36. The fourth-order valence-corrected chi connectivity index (χ4v) is 5.39. The molecule has 0 bridgehead atoms. The first-order valence-corrected chi connectivity index (χ1v) is 17.5. The van der Waals surface area contributed by atoms with E-state index >= 15 is 0 Å². The molecule has 0 unspecified atom stereocenters. The van der Waals surface area contributed by atoms with Crippen molar-refractivity contribution in [2.75, 3.05) is 13.2 Å². The van der Waals surface area contributed by atoms with Crippen LogP contribution in [0.25, 0.3) is 0 Å². The lowest BCUT2D eigenvalue weighted by molar-refractivity contribution is 0.193. The lowest BCUT2D eigenvalue weighted by Gasteiger charge is -2.05. The topological polar surface area (TPSA) is 92.8 Å². The van der Waals surface area contributed by atoms with Crippen molar-refractivity contribution in [3.63, 3.8) is 0 Å². The molecule has 218 valence electrons. The molecule has 0 spiro atoms. The number of nitrogens with two attached hydrogens (primary N) is 1. The second-order valence-corrected chi connectivity index (χ2v) is 12.3. The molecule has 0 aliphatic rings. The Hall–Kier alpha value is 0.0700. The van der Waals surface area contributed by atoms with E-state index < -0.39 is 7.82 Å². The molecule has 0 aromatic rings. The minimum Gasteiger partial charge on any atom is -0.330 e. The van der Waals surface area contributed by atoms with Gasteiger partial charge in [-0.05, 0) is 19.4 Å². The highest BCUT2D eigenvalue weighted by Crippen LogP contribution is 2.35. The largest absolute Gasteiger partial charge is 0.469 e. The van der Waals surface area contributed by atoms with Gasteiger partial charge in [0.2, 0.25) is 0 Å². The summed E-state index contributed by atoms with van der Waals surface area (Å²) in [6.07, 6.45) is 37.8. The predicted molar refractivity (Wildman–Crippen MR) is 156 cm³/mol. The normalized spacial score (nSPS) is 12.0. The van der Waals surface area contributed by atoms with Gasteiger partial charge in [0.25, 0.3) is 0 Å². The molecule has 0 fully saturated rings. The predicted octanol–water partition coefficient (Wildman–Crippen LogP) is 9.98. The molecule has 0 saturated carbocycles. The highest BCUT2D eigenvalue weighted by molar-refractivity contribution is 7.46. The second-order valence-electron chi connectivity index (χ2n) is 11.0. The molecule has 0 aromatic carbocycles. The Morgan fingerprint density at radius 2 is 0.583 bits per heavy atom. The molecule has 0 aliphatic carbocycles. The van der Waals surface area contributed by atoms with E-state index in [-0.39, 0.29) is 6.61 Å². The number of phosphoric acid groups is 1. The van der Waals surface area contributed by atoms with Gasteiger partial charge in [0.05, 0.1) is 6.61 Å². The second kappa shape index (κ2) is 29.6. The highest BCUT2D eigenvalue weighted by atomic mass is 31.2. The Morgan fingerprint density at radius 3 is 0.778 bits per heavy atom. The first-order valence-electron chi connectivity index (χ1n) is 16.0. The lowest BCUT2D eigenvalue weighted by atomic mass is 10.0. The van der Waals surface area contributed by atoms with Crippen molar-refractivity contribution in [3.8, 4) is 0 Å². The number of phosphoric ester groups is 1. The van der Waals surface area contributed by atoms with Gasteiger partial charge in [-0.1, -0.05) is 167 Å². The van der Waals surface area contributed by atoms with Gasteiger partial charge in [0.1, 0.15) is 0 Å². The van der Waals surface area contributed by atoms with Gasteiger partial charge in [-0.2, -0.15) is 0 Å². The zero-order valence-electron chi connectivity index (χ0n) is 23.9. The average molecular weight is 534 g/mol. The Bertz CT molecular complexity index is 458. The van der Waals surface area contributed by atoms with E-state index in [2.05, 4.69) is 4.52 Å². The van der Waals surface area contributed by atoms with Gasteiger partial charge in [0.15, 0.2) is 0 Å². The van der Waals surface area contributed by atoms with E-state index in [1.54, 1.807) is 0 Å². The SMILES string of the molecule is NCCCCCCCCCCCCCCCCCCCCCCCCCCCCCCOP(=O)(O)O. The van der Waals surface area contributed by atoms with Gasteiger partial charge in [-0.3, -0.25) is 4.52 Å². The summed E-state index contributed by atoms with van der Waals surface area (Å²) in [5.74, 6) is 0. The maximum atomic E-state index is 10.6. The summed E-state index contributed by atoms with van der Waals surface area (Å²) in [6.45, 7) is 1.03. The Balaban J connectivity index is 3.04. The van der Waals surface area contributed by atoms with Crippen LogP contribution < -0.4 is 5.73 Å². The zero-order valence-corrected chi connectivity index (χ0v) is 24.8. The van der Waals surface area contributed by atoms with Crippen LogP contribution >= 0.6 is 7.82 Å². The third kappa shape index (κ3) is 34.1. The molecule has 6 heteroatoms. The van der Waals surface area contributed by atoms with Crippen LogP contribution in [0.15, 0.2) is 0 Å². The average Bonchev–Trinajstić information content (AvgIpc) is 2.84. The molecule has 0 saturated heterocycles. The van der Waals surface area contributed by atoms with Crippen LogP contribution in [-0.4, -0.2) is 22.9 Å². The number of unbranched alkanes of at least 4 members (excludes halogenated alkanes) is 27. The Labute approximate surface area is 225 Å². The van der Waals surface area contributed by atoms with Crippen LogP contribution in [0.4, 0.5) is 0 Å². The van der Waals surface area contributed by atoms with Crippen molar-refractivity contribution in [3.05, 3.63) is 0 Å². The molecule has 0 amide bonds. The highest BCUT2D eigenvalue weighted by Gasteiger charge is 2.12. The summed E-state index contributed by atoms with van der Waals surface area (Å²) in [4.78, 5) is 17.2. The number of hydrogen-bond donors (Lipinski definition) is 3. The van der Waals surface area contributed by atoms with Gasteiger partial charge in [-0.25, -0.2) is 4.57 Å². The fourth-order valence-electron chi connectivity index (χ4n) is 5.03. The minimum absolute atomic E-state index is 0.168. The maximum Gasteiger partial charge on any atom is 0.469 e. The van der Waals surface area contributed by atoms with Gasteiger partial charge in [0, 0.05) is 0 Å². The first-order chi connectivity index (χ1) is 17.6. The number of hydrogen-bond acceptors (Lipinski definition) is 3. The molecular formula is C30H64NO4P. The third-order valence-corrected chi connectivity index (χ3v) is 7.88. The molecule has 0 atom stereocenters. The summed E-state index contributed by atoms with van der Waals surface area (Å²) < 4.78 is 15.0. The Kier molecular flexibility index (Phi) is 29.7. The smallest absolute Gasteiger partial charge is 0.330 e. The summed E-state index contributed by atoms with van der Waals surface area (Å²) in [5.41, 5.74) is 5.53. The van der Waals surface area contributed by atoms with Crippen molar-refractivity contribution in [1.82, 2.24) is 0 Å². The minimum atomic E-state index is -4.27. The Morgan fingerprint density at radius 1 is 0.389 bits per heavy atom. The van der Waals surface area contributed by atoms with Gasteiger partial charge >= 0.3 is 7.82 Å². The summed E-state index contributed by atoms with van der Waals surface area (Å²) in [5, 5.41) is 0. The van der Waals surface area contributed by atoms with Crippen LogP contribution in [0.2, 0.25) is 0 Å². The van der Waals surface area contributed by atoms with Crippen LogP contribution in [0.5, 0.6) is 0 Å². The monoisotopic (exact) mass is 533 g/mol. The van der Waals surface area contributed by atoms with E-state index in [1.165, 1.54) is 161 Å².